The molecule has 1 heterocycles. The number of aromatic nitrogens is 2. The number of carbonyl (C=O) groups is 1. The second-order valence-electron chi connectivity index (χ2n) is 7.46. The Labute approximate surface area is 193 Å². The summed E-state index contributed by atoms with van der Waals surface area (Å²) in [5.41, 5.74) is 0.116. The van der Waals surface area contributed by atoms with Crippen molar-refractivity contribution >= 4 is 28.3 Å². The summed E-state index contributed by atoms with van der Waals surface area (Å²) < 4.78 is 38.9. The largest absolute Gasteiger partial charge is 0.447 e. The molecular weight excluding hydrogens is 473 g/mol. The van der Waals surface area contributed by atoms with Crippen LogP contribution < -0.4 is 5.32 Å². The van der Waals surface area contributed by atoms with Crippen molar-refractivity contribution in [1.82, 2.24) is 9.71 Å². The van der Waals surface area contributed by atoms with Gasteiger partial charge in [-0.25, -0.2) is 4.98 Å². The van der Waals surface area contributed by atoms with Crippen molar-refractivity contribution in [2.75, 3.05) is 5.32 Å². The monoisotopic (exact) mass is 488 g/mol. The Bertz CT molecular complexity index is 1430. The Balaban J connectivity index is 1.51. The third-order valence-corrected chi connectivity index (χ3v) is 5.17. The number of nitrogens with one attached hydrogen (secondary N) is 1. The van der Waals surface area contributed by atoms with Crippen LogP contribution in [0, 0.1) is 10.1 Å². The number of nitrogens with zero attached hydrogens (tertiary/aromatic N) is 3. The standard InChI is InChI=1S/C22H15F3N4O6/c23-22(24,25)21(31,32)14-5-1-13(2-6-14)20(30)26-15-7-3-12(4-8-15)19-27-17-10-9-16(29(34)35)11-18(17)28(19)33/h1-11,31-33H,(H,26,30). The second-order valence-corrected chi connectivity index (χ2v) is 7.46. The van der Waals surface area contributed by atoms with Crippen molar-refractivity contribution < 1.29 is 38.3 Å². The Morgan fingerprint density at radius 3 is 2.20 bits per heavy atom. The molecule has 0 aliphatic heterocycles. The van der Waals surface area contributed by atoms with E-state index >= 15 is 0 Å². The molecule has 4 aromatic rings. The average molecular weight is 488 g/mol. The van der Waals surface area contributed by atoms with Crippen molar-refractivity contribution in [2.24, 2.45) is 0 Å². The van der Waals surface area contributed by atoms with Gasteiger partial charge in [-0.15, -0.1) is 0 Å². The first kappa shape index (κ1) is 23.7. The molecule has 1 aromatic heterocycles. The summed E-state index contributed by atoms with van der Waals surface area (Å²) >= 11 is 0. The quantitative estimate of drug-likeness (QED) is 0.144. The van der Waals surface area contributed by atoms with Gasteiger partial charge in [-0.05, 0) is 42.5 Å². The van der Waals surface area contributed by atoms with Gasteiger partial charge in [0.05, 0.1) is 10.4 Å². The van der Waals surface area contributed by atoms with E-state index in [2.05, 4.69) is 10.3 Å². The number of carbonyl (C=O) groups excluding carboxylic acids is 1. The molecule has 1 amide bonds. The molecule has 13 heteroatoms. The van der Waals surface area contributed by atoms with Crippen LogP contribution in [-0.2, 0) is 5.79 Å². The van der Waals surface area contributed by atoms with Crippen LogP contribution >= 0.6 is 0 Å². The molecule has 4 N–H and O–H groups in total. The minimum Gasteiger partial charge on any atom is -0.426 e. The molecule has 0 aliphatic carbocycles. The summed E-state index contributed by atoms with van der Waals surface area (Å²) in [5.74, 6) is -4.61. The molecule has 4 rings (SSSR count). The predicted octanol–water partition coefficient (Wildman–Crippen LogP) is 3.80. The summed E-state index contributed by atoms with van der Waals surface area (Å²) in [7, 11) is 0. The highest BCUT2D eigenvalue weighted by molar-refractivity contribution is 6.04. The number of hydrogen-bond donors (Lipinski definition) is 4. The van der Waals surface area contributed by atoms with Crippen molar-refractivity contribution in [1.29, 1.82) is 0 Å². The lowest BCUT2D eigenvalue weighted by molar-refractivity contribution is -0.384. The van der Waals surface area contributed by atoms with Crippen molar-refractivity contribution in [3.8, 4) is 11.4 Å². The van der Waals surface area contributed by atoms with E-state index in [9.17, 15) is 43.5 Å². The molecule has 0 bridgehead atoms. The Hall–Kier alpha value is -4.49. The van der Waals surface area contributed by atoms with Crippen LogP contribution in [0.1, 0.15) is 15.9 Å². The number of alkyl halides is 3. The topological polar surface area (TPSA) is 151 Å². The molecule has 180 valence electrons. The number of fused-ring (bicyclic) bond motifs is 1. The molecule has 0 spiro atoms. The molecule has 10 nitrogen and oxygen atoms in total. The Morgan fingerprint density at radius 2 is 1.63 bits per heavy atom. The number of halogens is 3. The highest BCUT2D eigenvalue weighted by Crippen LogP contribution is 2.36. The number of non-ortho nitro benzene ring substituents is 1. The van der Waals surface area contributed by atoms with E-state index in [1.54, 1.807) is 0 Å². The molecule has 0 saturated carbocycles. The molecule has 0 aliphatic rings. The predicted molar refractivity (Wildman–Crippen MR) is 116 cm³/mol. The molecule has 0 fully saturated rings. The first-order valence-electron chi connectivity index (χ1n) is 9.78. The fourth-order valence-electron chi connectivity index (χ4n) is 3.28. The van der Waals surface area contributed by atoms with Crippen LogP contribution in [0.2, 0.25) is 0 Å². The van der Waals surface area contributed by atoms with Crippen molar-refractivity contribution in [3.63, 3.8) is 0 Å². The van der Waals surface area contributed by atoms with Gasteiger partial charge in [-0.3, -0.25) is 14.9 Å². The van der Waals surface area contributed by atoms with Gasteiger partial charge in [0.2, 0.25) is 0 Å². The van der Waals surface area contributed by atoms with Crippen LogP contribution in [-0.4, -0.2) is 42.1 Å². The molecule has 0 saturated heterocycles. The van der Waals surface area contributed by atoms with E-state index in [1.165, 1.54) is 42.5 Å². The van der Waals surface area contributed by atoms with Gasteiger partial charge < -0.3 is 20.7 Å². The number of aliphatic hydroxyl groups is 2. The van der Waals surface area contributed by atoms with Crippen LogP contribution in [0.3, 0.4) is 0 Å². The third kappa shape index (κ3) is 4.37. The highest BCUT2D eigenvalue weighted by Gasteiger charge is 2.54. The molecule has 0 unspecified atom stereocenters. The van der Waals surface area contributed by atoms with Crippen LogP contribution in [0.5, 0.6) is 0 Å². The molecule has 35 heavy (non-hydrogen) atoms. The summed E-state index contributed by atoms with van der Waals surface area (Å²) in [4.78, 5) is 27.0. The number of rotatable bonds is 5. The fraction of sp³-hybridized carbons (Fsp3) is 0.0909. The maximum Gasteiger partial charge on any atom is 0.447 e. The van der Waals surface area contributed by atoms with E-state index in [1.807, 2.05) is 0 Å². The molecule has 0 radical (unpaired) electrons. The summed E-state index contributed by atoms with van der Waals surface area (Å²) in [6, 6.07) is 13.4. The van der Waals surface area contributed by atoms with Gasteiger partial charge in [-0.1, -0.05) is 12.1 Å². The van der Waals surface area contributed by atoms with Crippen LogP contribution in [0.4, 0.5) is 24.5 Å². The second kappa shape index (κ2) is 8.38. The number of benzene rings is 3. The Kier molecular flexibility index (Phi) is 5.66. The van der Waals surface area contributed by atoms with Crippen molar-refractivity contribution in [2.45, 2.75) is 12.0 Å². The lowest BCUT2D eigenvalue weighted by Crippen LogP contribution is -2.42. The number of nitro groups is 1. The zero-order valence-electron chi connectivity index (χ0n) is 17.4. The van der Waals surface area contributed by atoms with Gasteiger partial charge in [0, 0.05) is 34.5 Å². The SMILES string of the molecule is O=C(Nc1ccc(-c2nc3ccc([N+](=O)[O-])cc3n2O)cc1)c1ccc(C(O)(O)C(F)(F)F)cc1. The lowest BCUT2D eigenvalue weighted by Gasteiger charge is -2.24. The maximum atomic E-state index is 12.7. The number of nitro benzene ring substituents is 1. The highest BCUT2D eigenvalue weighted by atomic mass is 19.4. The van der Waals surface area contributed by atoms with Crippen LogP contribution in [0.15, 0.2) is 66.7 Å². The van der Waals surface area contributed by atoms with E-state index in [0.717, 1.165) is 24.3 Å². The number of hydrogen-bond acceptors (Lipinski definition) is 7. The van der Waals surface area contributed by atoms with Gasteiger partial charge in [-0.2, -0.15) is 17.9 Å². The van der Waals surface area contributed by atoms with Gasteiger partial charge in [0.25, 0.3) is 17.4 Å². The minimum atomic E-state index is -5.32. The fourth-order valence-corrected chi connectivity index (χ4v) is 3.28. The third-order valence-electron chi connectivity index (χ3n) is 5.17. The van der Waals surface area contributed by atoms with Crippen molar-refractivity contribution in [3.05, 3.63) is 88.0 Å². The Morgan fingerprint density at radius 1 is 1.00 bits per heavy atom. The molecule has 0 atom stereocenters. The first-order valence-corrected chi connectivity index (χ1v) is 9.78. The normalized spacial score (nSPS) is 12.0. The minimum absolute atomic E-state index is 0.0328. The first-order chi connectivity index (χ1) is 16.4. The van der Waals surface area contributed by atoms with Gasteiger partial charge in [0.15, 0.2) is 5.82 Å². The average Bonchev–Trinajstić information content (AvgIpc) is 3.14. The lowest BCUT2D eigenvalue weighted by atomic mass is 10.0. The smallest absolute Gasteiger partial charge is 0.426 e. The van der Waals surface area contributed by atoms with E-state index in [4.69, 9.17) is 0 Å². The maximum absolute atomic E-state index is 12.7. The zero-order valence-corrected chi connectivity index (χ0v) is 17.4. The summed E-state index contributed by atoms with van der Waals surface area (Å²) in [6.45, 7) is 0. The number of anilines is 1. The summed E-state index contributed by atoms with van der Waals surface area (Å²) in [6.07, 6.45) is -5.32. The van der Waals surface area contributed by atoms with E-state index in [-0.39, 0.29) is 22.6 Å². The number of imidazole rings is 1. The van der Waals surface area contributed by atoms with Gasteiger partial charge >= 0.3 is 6.18 Å². The van der Waals surface area contributed by atoms with Crippen LogP contribution in [0.25, 0.3) is 22.4 Å². The van der Waals surface area contributed by atoms with Gasteiger partial charge in [0.1, 0.15) is 5.52 Å². The molecule has 3 aromatic carbocycles. The number of amides is 1. The van der Waals surface area contributed by atoms with E-state index < -0.39 is 28.4 Å². The van der Waals surface area contributed by atoms with E-state index in [0.29, 0.717) is 21.5 Å². The summed E-state index contributed by atoms with van der Waals surface area (Å²) in [5, 5.41) is 42.5. The molecular formula is C22H15F3N4O6. The zero-order chi connectivity index (χ0) is 25.5.